The van der Waals surface area contributed by atoms with Crippen molar-refractivity contribution in [1.82, 2.24) is 14.3 Å². The number of carbonyl (C=O) groups is 1. The second-order valence-corrected chi connectivity index (χ2v) is 5.82. The lowest BCUT2D eigenvalue weighted by molar-refractivity contribution is -0.131. The average molecular weight is 283 g/mol. The number of pyridine rings is 1. The molecule has 21 heavy (non-hydrogen) atoms. The van der Waals surface area contributed by atoms with Gasteiger partial charge in [0.2, 0.25) is 5.91 Å². The smallest absolute Gasteiger partial charge is 0.247 e. The summed E-state index contributed by atoms with van der Waals surface area (Å²) in [6.07, 6.45) is 10.7. The van der Waals surface area contributed by atoms with Gasteiger partial charge >= 0.3 is 0 Å². The van der Waals surface area contributed by atoms with E-state index in [1.54, 1.807) is 12.3 Å². The van der Waals surface area contributed by atoms with Crippen LogP contribution < -0.4 is 0 Å². The van der Waals surface area contributed by atoms with Gasteiger partial charge in [-0.05, 0) is 51.3 Å². The van der Waals surface area contributed by atoms with E-state index in [9.17, 15) is 4.79 Å². The summed E-state index contributed by atoms with van der Waals surface area (Å²) in [6, 6.07) is 6.52. The monoisotopic (exact) mass is 283 g/mol. The number of nitrogens with zero attached hydrogens (tertiary/aromatic N) is 3. The number of aromatic nitrogens is 2. The summed E-state index contributed by atoms with van der Waals surface area (Å²) in [6.45, 7) is 4.27. The van der Waals surface area contributed by atoms with Crippen molar-refractivity contribution in [2.75, 3.05) is 0 Å². The van der Waals surface area contributed by atoms with E-state index >= 15 is 0 Å². The largest absolute Gasteiger partial charge is 0.334 e. The highest BCUT2D eigenvalue weighted by atomic mass is 16.2. The quantitative estimate of drug-likeness (QED) is 0.794. The summed E-state index contributed by atoms with van der Waals surface area (Å²) in [5, 5.41) is 0. The zero-order chi connectivity index (χ0) is 14.8. The molecule has 1 fully saturated rings. The fourth-order valence-electron chi connectivity index (χ4n) is 3.17. The SMILES string of the molecule is CC1CCCC(C)N1C(=O)/C=C/c1cnc2ccccn12. The topological polar surface area (TPSA) is 37.6 Å². The minimum absolute atomic E-state index is 0.0978. The number of piperidine rings is 1. The van der Waals surface area contributed by atoms with E-state index in [-0.39, 0.29) is 5.91 Å². The Kier molecular flexibility index (Phi) is 3.78. The molecule has 0 aliphatic carbocycles. The lowest BCUT2D eigenvalue weighted by Gasteiger charge is -2.38. The predicted octanol–water partition coefficient (Wildman–Crippen LogP) is 3.14. The van der Waals surface area contributed by atoms with E-state index in [4.69, 9.17) is 0 Å². The number of hydrogen-bond donors (Lipinski definition) is 0. The van der Waals surface area contributed by atoms with Crippen molar-refractivity contribution in [1.29, 1.82) is 0 Å². The molecule has 0 aromatic carbocycles. The first-order chi connectivity index (χ1) is 10.2. The molecule has 1 aliphatic heterocycles. The summed E-state index contributed by atoms with van der Waals surface area (Å²) in [7, 11) is 0. The molecule has 4 heteroatoms. The molecule has 1 saturated heterocycles. The Morgan fingerprint density at radius 1 is 1.29 bits per heavy atom. The Morgan fingerprint density at radius 3 is 2.81 bits per heavy atom. The van der Waals surface area contributed by atoms with Gasteiger partial charge in [-0.15, -0.1) is 0 Å². The zero-order valence-electron chi connectivity index (χ0n) is 12.6. The first-order valence-electron chi connectivity index (χ1n) is 7.59. The van der Waals surface area contributed by atoms with E-state index < -0.39 is 0 Å². The molecular weight excluding hydrogens is 262 g/mol. The molecule has 0 spiro atoms. The molecule has 2 atom stereocenters. The van der Waals surface area contributed by atoms with Gasteiger partial charge in [0.25, 0.3) is 0 Å². The summed E-state index contributed by atoms with van der Waals surface area (Å²) in [5.41, 5.74) is 1.82. The Balaban J connectivity index is 1.80. The Labute approximate surface area is 125 Å². The maximum atomic E-state index is 12.5. The van der Waals surface area contributed by atoms with Crippen LogP contribution in [0.3, 0.4) is 0 Å². The van der Waals surface area contributed by atoms with Crippen molar-refractivity contribution in [3.63, 3.8) is 0 Å². The first kappa shape index (κ1) is 13.9. The number of carbonyl (C=O) groups excluding carboxylic acids is 1. The summed E-state index contributed by atoms with van der Waals surface area (Å²) in [5.74, 6) is 0.0978. The van der Waals surface area contributed by atoms with Gasteiger partial charge in [0, 0.05) is 24.4 Å². The van der Waals surface area contributed by atoms with Crippen LogP contribution >= 0.6 is 0 Å². The van der Waals surface area contributed by atoms with Crippen LogP contribution in [0, 0.1) is 0 Å². The van der Waals surface area contributed by atoms with Crippen LogP contribution in [0.25, 0.3) is 11.7 Å². The Hall–Kier alpha value is -2.10. The van der Waals surface area contributed by atoms with Crippen LogP contribution in [0.2, 0.25) is 0 Å². The van der Waals surface area contributed by atoms with Crippen molar-refractivity contribution in [2.24, 2.45) is 0 Å². The fraction of sp³-hybridized carbons (Fsp3) is 0.412. The fourth-order valence-corrected chi connectivity index (χ4v) is 3.17. The molecule has 0 radical (unpaired) electrons. The van der Waals surface area contributed by atoms with Gasteiger partial charge in [0.1, 0.15) is 5.65 Å². The van der Waals surface area contributed by atoms with Gasteiger partial charge in [-0.3, -0.25) is 4.79 Å². The van der Waals surface area contributed by atoms with Gasteiger partial charge in [-0.1, -0.05) is 6.07 Å². The number of imidazole rings is 1. The number of amides is 1. The molecular formula is C17H21N3O. The van der Waals surface area contributed by atoms with Gasteiger partial charge in [-0.2, -0.15) is 0 Å². The van der Waals surface area contributed by atoms with E-state index in [1.165, 1.54) is 6.42 Å². The molecule has 2 aromatic heterocycles. The van der Waals surface area contributed by atoms with Crippen LogP contribution in [0.15, 0.2) is 36.7 Å². The van der Waals surface area contributed by atoms with E-state index in [2.05, 4.69) is 18.8 Å². The van der Waals surface area contributed by atoms with E-state index in [0.717, 1.165) is 24.2 Å². The van der Waals surface area contributed by atoms with Crippen LogP contribution in [0.1, 0.15) is 38.8 Å². The van der Waals surface area contributed by atoms with Crippen molar-refractivity contribution < 1.29 is 4.79 Å². The highest BCUT2D eigenvalue weighted by molar-refractivity contribution is 5.92. The first-order valence-corrected chi connectivity index (χ1v) is 7.59. The molecule has 0 N–H and O–H groups in total. The molecule has 110 valence electrons. The maximum Gasteiger partial charge on any atom is 0.247 e. The van der Waals surface area contributed by atoms with Crippen molar-refractivity contribution in [3.05, 3.63) is 42.4 Å². The minimum atomic E-state index is 0.0978. The summed E-state index contributed by atoms with van der Waals surface area (Å²) < 4.78 is 1.98. The van der Waals surface area contributed by atoms with Crippen LogP contribution in [-0.2, 0) is 4.79 Å². The molecule has 0 bridgehead atoms. The number of hydrogen-bond acceptors (Lipinski definition) is 2. The van der Waals surface area contributed by atoms with Crippen LogP contribution in [0.5, 0.6) is 0 Å². The summed E-state index contributed by atoms with van der Waals surface area (Å²) >= 11 is 0. The lowest BCUT2D eigenvalue weighted by Crippen LogP contribution is -2.46. The molecule has 1 aliphatic rings. The highest BCUT2D eigenvalue weighted by Crippen LogP contribution is 2.23. The van der Waals surface area contributed by atoms with Gasteiger partial charge in [0.15, 0.2) is 0 Å². The third kappa shape index (κ3) is 2.71. The molecule has 0 saturated carbocycles. The minimum Gasteiger partial charge on any atom is -0.334 e. The van der Waals surface area contributed by atoms with Gasteiger partial charge in [-0.25, -0.2) is 4.98 Å². The molecule has 2 aromatic rings. The van der Waals surface area contributed by atoms with Crippen LogP contribution in [0.4, 0.5) is 0 Å². The van der Waals surface area contributed by atoms with Crippen molar-refractivity contribution in [2.45, 2.75) is 45.2 Å². The third-order valence-electron chi connectivity index (χ3n) is 4.29. The van der Waals surface area contributed by atoms with Crippen molar-refractivity contribution >= 4 is 17.6 Å². The van der Waals surface area contributed by atoms with E-state index in [1.807, 2.05) is 39.8 Å². The number of rotatable bonds is 2. The number of likely N-dealkylation sites (tertiary alicyclic amines) is 1. The lowest BCUT2D eigenvalue weighted by atomic mass is 9.97. The molecule has 4 nitrogen and oxygen atoms in total. The highest BCUT2D eigenvalue weighted by Gasteiger charge is 2.27. The van der Waals surface area contributed by atoms with Gasteiger partial charge < -0.3 is 9.30 Å². The normalized spacial score (nSPS) is 23.0. The summed E-state index contributed by atoms with van der Waals surface area (Å²) in [4.78, 5) is 18.8. The van der Waals surface area contributed by atoms with E-state index in [0.29, 0.717) is 12.1 Å². The second-order valence-electron chi connectivity index (χ2n) is 5.82. The number of fused-ring (bicyclic) bond motifs is 1. The second kappa shape index (κ2) is 5.72. The Bertz CT molecular complexity index is 663. The maximum absolute atomic E-state index is 12.5. The molecule has 2 unspecified atom stereocenters. The standard InChI is InChI=1S/C17H21N3O/c1-13-6-5-7-14(2)20(13)17(21)10-9-15-12-18-16-8-3-4-11-19(15)16/h3-4,8-14H,5-7H2,1-2H3/b10-9+. The van der Waals surface area contributed by atoms with Crippen LogP contribution in [-0.4, -0.2) is 32.3 Å². The molecule has 3 heterocycles. The Morgan fingerprint density at radius 2 is 2.05 bits per heavy atom. The predicted molar refractivity (Wildman–Crippen MR) is 83.8 cm³/mol. The third-order valence-corrected chi connectivity index (χ3v) is 4.29. The average Bonchev–Trinajstić information content (AvgIpc) is 2.88. The molecule has 3 rings (SSSR count). The van der Waals surface area contributed by atoms with Gasteiger partial charge in [0.05, 0.1) is 11.9 Å². The zero-order valence-corrected chi connectivity index (χ0v) is 12.6. The van der Waals surface area contributed by atoms with Crippen molar-refractivity contribution in [3.8, 4) is 0 Å². The molecule has 1 amide bonds.